The smallest absolute Gasteiger partial charge is 0.322 e. The third-order valence-electron chi connectivity index (χ3n) is 5.00. The Labute approximate surface area is 161 Å². The number of ketones is 1. The summed E-state index contributed by atoms with van der Waals surface area (Å²) in [5, 5.41) is 21.7. The van der Waals surface area contributed by atoms with Gasteiger partial charge < -0.3 is 15.5 Å². The van der Waals surface area contributed by atoms with Crippen LogP contribution < -0.4 is 5.32 Å². The van der Waals surface area contributed by atoms with Gasteiger partial charge in [0.2, 0.25) is 0 Å². The van der Waals surface area contributed by atoms with Crippen molar-refractivity contribution < 1.29 is 24.6 Å². The third kappa shape index (κ3) is 3.15. The van der Waals surface area contributed by atoms with Crippen molar-refractivity contribution in [1.29, 1.82) is 0 Å². The Hall–Kier alpha value is -3.48. The number of carboxylic acid groups (broad SMARTS) is 1. The van der Waals surface area contributed by atoms with Gasteiger partial charge in [-0.2, -0.15) is 0 Å². The lowest BCUT2D eigenvalue weighted by Gasteiger charge is -2.26. The molecule has 0 spiro atoms. The molecule has 0 aliphatic heterocycles. The first-order chi connectivity index (χ1) is 13.2. The number of aromatic nitrogens is 1. The number of rotatable bonds is 4. The molecule has 1 heterocycles. The van der Waals surface area contributed by atoms with Crippen molar-refractivity contribution in [2.45, 2.75) is 26.7 Å². The Morgan fingerprint density at radius 2 is 1.89 bits per heavy atom. The maximum absolute atomic E-state index is 12.7. The van der Waals surface area contributed by atoms with E-state index in [2.05, 4.69) is 10.3 Å². The SMILES string of the molecule is Cc1ncccc1-c1ccc2c(c1C)C(O)=C(C(=O)NCC(=O)O)C(=O)C2C. The second kappa shape index (κ2) is 7.26. The molecule has 1 unspecified atom stereocenters. The van der Waals surface area contributed by atoms with Crippen molar-refractivity contribution in [3.63, 3.8) is 0 Å². The van der Waals surface area contributed by atoms with Crippen LogP contribution in [0.5, 0.6) is 0 Å². The van der Waals surface area contributed by atoms with Gasteiger partial charge in [-0.1, -0.05) is 25.1 Å². The first-order valence-corrected chi connectivity index (χ1v) is 8.77. The second-order valence-electron chi connectivity index (χ2n) is 6.72. The fourth-order valence-corrected chi connectivity index (χ4v) is 3.53. The fraction of sp³-hybridized carbons (Fsp3) is 0.238. The third-order valence-corrected chi connectivity index (χ3v) is 5.00. The molecule has 1 aliphatic carbocycles. The number of hydrogen-bond donors (Lipinski definition) is 3. The van der Waals surface area contributed by atoms with Gasteiger partial charge in [0, 0.05) is 28.9 Å². The summed E-state index contributed by atoms with van der Waals surface area (Å²) in [4.78, 5) is 40.1. The lowest BCUT2D eigenvalue weighted by Crippen LogP contribution is -2.36. The van der Waals surface area contributed by atoms with Crippen LogP contribution in [0.1, 0.15) is 35.2 Å². The molecule has 3 N–H and O–H groups in total. The van der Waals surface area contributed by atoms with Crippen molar-refractivity contribution in [2.75, 3.05) is 6.54 Å². The maximum Gasteiger partial charge on any atom is 0.322 e. The molecule has 0 radical (unpaired) electrons. The Bertz CT molecular complexity index is 1040. The van der Waals surface area contributed by atoms with Crippen molar-refractivity contribution in [1.82, 2.24) is 10.3 Å². The van der Waals surface area contributed by atoms with Crippen LogP contribution in [-0.2, 0) is 14.4 Å². The molecule has 1 atom stereocenters. The topological polar surface area (TPSA) is 117 Å². The summed E-state index contributed by atoms with van der Waals surface area (Å²) in [6, 6.07) is 7.38. The number of aliphatic carboxylic acids is 1. The summed E-state index contributed by atoms with van der Waals surface area (Å²) >= 11 is 0. The van der Waals surface area contributed by atoms with Crippen molar-refractivity contribution in [2.24, 2.45) is 0 Å². The van der Waals surface area contributed by atoms with Crippen molar-refractivity contribution >= 4 is 23.4 Å². The lowest BCUT2D eigenvalue weighted by molar-refractivity contribution is -0.137. The number of aliphatic hydroxyl groups excluding tert-OH is 1. The van der Waals surface area contributed by atoms with Crippen LogP contribution in [0.3, 0.4) is 0 Å². The van der Waals surface area contributed by atoms with Gasteiger partial charge in [-0.05, 0) is 36.6 Å². The van der Waals surface area contributed by atoms with Gasteiger partial charge in [0.1, 0.15) is 17.9 Å². The minimum Gasteiger partial charge on any atom is -0.506 e. The number of amides is 1. The molecule has 144 valence electrons. The predicted octanol–water partition coefficient (Wildman–Crippen LogP) is 2.52. The molecular weight excluding hydrogens is 360 g/mol. The molecule has 0 saturated heterocycles. The Morgan fingerprint density at radius 1 is 1.18 bits per heavy atom. The summed E-state index contributed by atoms with van der Waals surface area (Å²) in [6.07, 6.45) is 1.69. The zero-order valence-corrected chi connectivity index (χ0v) is 15.7. The molecule has 1 amide bonds. The molecule has 0 saturated carbocycles. The van der Waals surface area contributed by atoms with Crippen LogP contribution >= 0.6 is 0 Å². The second-order valence-corrected chi connectivity index (χ2v) is 6.72. The van der Waals surface area contributed by atoms with Gasteiger partial charge in [0.25, 0.3) is 5.91 Å². The molecule has 1 aromatic heterocycles. The average molecular weight is 380 g/mol. The highest BCUT2D eigenvalue weighted by Gasteiger charge is 2.36. The van der Waals surface area contributed by atoms with Gasteiger partial charge in [0.05, 0.1) is 0 Å². The molecule has 28 heavy (non-hydrogen) atoms. The predicted molar refractivity (Wildman–Crippen MR) is 103 cm³/mol. The van der Waals surface area contributed by atoms with E-state index in [0.717, 1.165) is 16.8 Å². The molecular formula is C21H20N2O5. The van der Waals surface area contributed by atoms with Gasteiger partial charge in [-0.15, -0.1) is 0 Å². The molecule has 1 aliphatic rings. The highest BCUT2D eigenvalue weighted by Crippen LogP contribution is 2.40. The van der Waals surface area contributed by atoms with E-state index in [-0.39, 0.29) is 0 Å². The van der Waals surface area contributed by atoms with E-state index in [1.54, 1.807) is 19.2 Å². The van der Waals surface area contributed by atoms with E-state index in [4.69, 9.17) is 5.11 Å². The number of hydrogen-bond acceptors (Lipinski definition) is 5. The molecule has 1 aromatic carbocycles. The number of pyridine rings is 1. The normalized spacial score (nSPS) is 16.0. The summed E-state index contributed by atoms with van der Waals surface area (Å²) in [5.41, 5.74) is 3.89. The monoisotopic (exact) mass is 380 g/mol. The maximum atomic E-state index is 12.7. The number of carbonyl (C=O) groups is 3. The number of fused-ring (bicyclic) bond motifs is 1. The van der Waals surface area contributed by atoms with Crippen molar-refractivity contribution in [3.05, 3.63) is 58.4 Å². The summed E-state index contributed by atoms with van der Waals surface area (Å²) in [6.45, 7) is 4.71. The first-order valence-electron chi connectivity index (χ1n) is 8.77. The highest BCUT2D eigenvalue weighted by molar-refractivity contribution is 6.27. The molecule has 0 bridgehead atoms. The zero-order valence-electron chi connectivity index (χ0n) is 15.7. The van der Waals surface area contributed by atoms with E-state index in [1.165, 1.54) is 0 Å². The zero-order chi connectivity index (χ0) is 20.6. The van der Waals surface area contributed by atoms with Crippen LogP contribution in [0.2, 0.25) is 0 Å². The Morgan fingerprint density at radius 3 is 2.54 bits per heavy atom. The van der Waals surface area contributed by atoms with E-state index >= 15 is 0 Å². The number of nitrogens with one attached hydrogen (secondary N) is 1. The number of aryl methyl sites for hydroxylation is 1. The number of benzene rings is 1. The highest BCUT2D eigenvalue weighted by atomic mass is 16.4. The van der Waals surface area contributed by atoms with Crippen LogP contribution in [0.15, 0.2) is 36.0 Å². The van der Waals surface area contributed by atoms with Crippen LogP contribution in [0.4, 0.5) is 0 Å². The van der Waals surface area contributed by atoms with Gasteiger partial charge in [-0.25, -0.2) is 0 Å². The average Bonchev–Trinajstić information content (AvgIpc) is 2.65. The van der Waals surface area contributed by atoms with Gasteiger partial charge >= 0.3 is 5.97 Å². The first kappa shape index (κ1) is 19.3. The number of Topliss-reactive ketones (excluding diaryl/α,β-unsaturated/α-hetero) is 1. The fourth-order valence-electron chi connectivity index (χ4n) is 3.53. The molecule has 3 rings (SSSR count). The summed E-state index contributed by atoms with van der Waals surface area (Å²) < 4.78 is 0. The number of nitrogens with zero attached hydrogens (tertiary/aromatic N) is 1. The number of aliphatic hydroxyl groups is 1. The lowest BCUT2D eigenvalue weighted by atomic mass is 9.78. The molecule has 7 nitrogen and oxygen atoms in total. The standard InChI is InChI=1S/C21H20N2O5/c1-10-13(15-5-4-8-22-12(15)3)6-7-14-11(2)19(26)18(20(27)17(10)14)21(28)23-9-16(24)25/h4-8,11,27H,9H2,1-3H3,(H,23,28)(H,24,25). The summed E-state index contributed by atoms with van der Waals surface area (Å²) in [7, 11) is 0. The van der Waals surface area contributed by atoms with Gasteiger partial charge in [0.15, 0.2) is 5.78 Å². The minimum absolute atomic E-state index is 0.413. The largest absolute Gasteiger partial charge is 0.506 e. The van der Waals surface area contributed by atoms with Crippen LogP contribution in [0, 0.1) is 13.8 Å². The van der Waals surface area contributed by atoms with Gasteiger partial charge in [-0.3, -0.25) is 19.4 Å². The van der Waals surface area contributed by atoms with E-state index in [1.807, 2.05) is 32.0 Å². The summed E-state index contributed by atoms with van der Waals surface area (Å²) in [5.74, 6) is -3.75. The Balaban J connectivity index is 2.19. The molecule has 0 fully saturated rings. The molecule has 2 aromatic rings. The van der Waals surface area contributed by atoms with Crippen LogP contribution in [0.25, 0.3) is 16.9 Å². The Kier molecular flexibility index (Phi) is 5.00. The van der Waals surface area contributed by atoms with E-state index < -0.39 is 41.5 Å². The number of carboxylic acids is 1. The quantitative estimate of drug-likeness (QED) is 0.702. The molecule has 7 heteroatoms. The number of carbonyl (C=O) groups excluding carboxylic acids is 2. The van der Waals surface area contributed by atoms with Crippen LogP contribution in [-0.4, -0.2) is 39.4 Å². The minimum atomic E-state index is -1.24. The van der Waals surface area contributed by atoms with E-state index in [9.17, 15) is 19.5 Å². The van der Waals surface area contributed by atoms with E-state index in [0.29, 0.717) is 16.7 Å². The van der Waals surface area contributed by atoms with Crippen molar-refractivity contribution in [3.8, 4) is 11.1 Å².